The van der Waals surface area contributed by atoms with E-state index >= 15 is 0 Å². The van der Waals surface area contributed by atoms with Crippen LogP contribution >= 0.6 is 0 Å². The minimum absolute atomic E-state index is 0.0365. The molecule has 3 aromatic rings. The quantitative estimate of drug-likeness (QED) is 0.701. The molecule has 7 nitrogen and oxygen atoms in total. The third-order valence-electron chi connectivity index (χ3n) is 5.25. The Morgan fingerprint density at radius 3 is 2.60 bits per heavy atom. The molecule has 0 bridgehead atoms. The predicted octanol–water partition coefficient (Wildman–Crippen LogP) is 3.68. The van der Waals surface area contributed by atoms with Gasteiger partial charge in [-0.3, -0.25) is 14.6 Å². The van der Waals surface area contributed by atoms with Gasteiger partial charge in [0.1, 0.15) is 0 Å². The first-order chi connectivity index (χ1) is 14.7. The van der Waals surface area contributed by atoms with Crippen molar-refractivity contribution in [3.63, 3.8) is 0 Å². The highest BCUT2D eigenvalue weighted by atomic mass is 16.3. The van der Waals surface area contributed by atoms with E-state index in [9.17, 15) is 9.59 Å². The zero-order valence-corrected chi connectivity index (χ0v) is 16.7. The largest absolute Gasteiger partial charge is 0.443 e. The van der Waals surface area contributed by atoms with Gasteiger partial charge in [-0.05, 0) is 30.5 Å². The molecule has 2 aromatic heterocycles. The maximum Gasteiger partial charge on any atom is 0.274 e. The smallest absolute Gasteiger partial charge is 0.274 e. The Hall–Kier alpha value is -3.48. The molecule has 1 aliphatic heterocycles. The van der Waals surface area contributed by atoms with E-state index in [0.29, 0.717) is 23.4 Å². The van der Waals surface area contributed by atoms with Crippen molar-refractivity contribution in [2.24, 2.45) is 0 Å². The second-order valence-electron chi connectivity index (χ2n) is 7.33. The molecule has 1 aromatic carbocycles. The summed E-state index contributed by atoms with van der Waals surface area (Å²) in [5.41, 5.74) is 2.15. The minimum Gasteiger partial charge on any atom is -0.443 e. The van der Waals surface area contributed by atoms with Crippen LogP contribution in [-0.2, 0) is 6.54 Å². The van der Waals surface area contributed by atoms with Gasteiger partial charge in [-0.1, -0.05) is 37.1 Å². The molecule has 7 heteroatoms. The van der Waals surface area contributed by atoms with Gasteiger partial charge in [0.25, 0.3) is 11.8 Å². The Labute approximate surface area is 175 Å². The van der Waals surface area contributed by atoms with Crippen molar-refractivity contribution in [3.05, 3.63) is 72.0 Å². The van der Waals surface area contributed by atoms with E-state index in [1.807, 2.05) is 29.2 Å². The van der Waals surface area contributed by atoms with E-state index in [0.717, 1.165) is 44.3 Å². The number of oxazole rings is 1. The molecule has 0 unspecified atom stereocenters. The summed E-state index contributed by atoms with van der Waals surface area (Å²) in [6.07, 6.45) is 8.93. The number of hydrogen-bond donors (Lipinski definition) is 1. The average Bonchev–Trinajstić information content (AvgIpc) is 3.12. The molecule has 1 aliphatic rings. The number of nitrogens with zero attached hydrogens (tertiary/aromatic N) is 3. The number of aromatic nitrogens is 2. The van der Waals surface area contributed by atoms with Crippen LogP contribution in [0.4, 0.5) is 0 Å². The number of amides is 2. The monoisotopic (exact) mass is 404 g/mol. The Bertz CT molecular complexity index is 1010. The van der Waals surface area contributed by atoms with Crippen molar-refractivity contribution >= 4 is 11.8 Å². The number of carbonyl (C=O) groups is 2. The first kappa shape index (κ1) is 19.8. The minimum atomic E-state index is -0.361. The fraction of sp³-hybridized carbons (Fsp3) is 0.304. The van der Waals surface area contributed by atoms with Crippen molar-refractivity contribution in [1.29, 1.82) is 0 Å². The van der Waals surface area contributed by atoms with Gasteiger partial charge in [0.2, 0.25) is 0 Å². The summed E-state index contributed by atoms with van der Waals surface area (Å²) < 4.78 is 5.57. The number of hydrogen-bond acceptors (Lipinski definition) is 5. The molecular formula is C23H24N4O3. The standard InChI is InChI=1S/C23H24N4O3/c28-22(25-15-17-8-7-11-24-14-17)20-21(30-16-26-20)18-9-3-4-10-19(18)23(29)27-12-5-1-2-6-13-27/h3-4,7-11,14,16H,1-2,5-6,12-13,15H2,(H,25,28). The summed E-state index contributed by atoms with van der Waals surface area (Å²) in [7, 11) is 0. The van der Waals surface area contributed by atoms with Crippen LogP contribution in [0.5, 0.6) is 0 Å². The van der Waals surface area contributed by atoms with Gasteiger partial charge in [0.05, 0.1) is 5.56 Å². The van der Waals surface area contributed by atoms with Gasteiger partial charge in [-0.25, -0.2) is 4.98 Å². The van der Waals surface area contributed by atoms with Crippen LogP contribution in [0.1, 0.15) is 52.1 Å². The third kappa shape index (κ3) is 4.40. The number of rotatable bonds is 5. The van der Waals surface area contributed by atoms with E-state index in [4.69, 9.17) is 4.42 Å². The van der Waals surface area contributed by atoms with Crippen molar-refractivity contribution in [2.45, 2.75) is 32.2 Å². The molecule has 2 amide bonds. The maximum atomic E-state index is 13.2. The summed E-state index contributed by atoms with van der Waals surface area (Å²) in [6, 6.07) is 10.9. The predicted molar refractivity (Wildman–Crippen MR) is 112 cm³/mol. The van der Waals surface area contributed by atoms with Crippen LogP contribution in [0, 0.1) is 0 Å². The SMILES string of the molecule is O=C(NCc1cccnc1)c1ncoc1-c1ccccc1C(=O)N1CCCCCC1. The van der Waals surface area contributed by atoms with Crippen LogP contribution in [0.3, 0.4) is 0 Å². The summed E-state index contributed by atoms with van der Waals surface area (Å²) in [5, 5.41) is 2.84. The molecule has 0 spiro atoms. The second-order valence-corrected chi connectivity index (χ2v) is 7.33. The van der Waals surface area contributed by atoms with Crippen molar-refractivity contribution in [3.8, 4) is 11.3 Å². The van der Waals surface area contributed by atoms with Crippen molar-refractivity contribution in [2.75, 3.05) is 13.1 Å². The highest BCUT2D eigenvalue weighted by molar-refractivity contribution is 6.04. The lowest BCUT2D eigenvalue weighted by Crippen LogP contribution is -2.32. The second kappa shape index (κ2) is 9.35. The lowest BCUT2D eigenvalue weighted by molar-refractivity contribution is 0.0761. The van der Waals surface area contributed by atoms with Gasteiger partial charge in [0, 0.05) is 37.6 Å². The maximum absolute atomic E-state index is 13.2. The first-order valence-electron chi connectivity index (χ1n) is 10.2. The van der Waals surface area contributed by atoms with Crippen LogP contribution in [0.25, 0.3) is 11.3 Å². The lowest BCUT2D eigenvalue weighted by atomic mass is 10.0. The van der Waals surface area contributed by atoms with Crippen molar-refractivity contribution in [1.82, 2.24) is 20.2 Å². The van der Waals surface area contributed by atoms with Gasteiger partial charge in [-0.2, -0.15) is 0 Å². The number of nitrogens with one attached hydrogen (secondary N) is 1. The van der Waals surface area contributed by atoms with E-state index in [-0.39, 0.29) is 17.5 Å². The lowest BCUT2D eigenvalue weighted by Gasteiger charge is -2.21. The molecule has 1 saturated heterocycles. The molecule has 154 valence electrons. The highest BCUT2D eigenvalue weighted by Crippen LogP contribution is 2.28. The summed E-state index contributed by atoms with van der Waals surface area (Å²) >= 11 is 0. The van der Waals surface area contributed by atoms with Crippen LogP contribution in [0.15, 0.2) is 59.6 Å². The summed E-state index contributed by atoms with van der Waals surface area (Å²) in [5.74, 6) is -0.0947. The van der Waals surface area contributed by atoms with E-state index in [1.165, 1.54) is 6.39 Å². The number of pyridine rings is 1. The molecule has 4 rings (SSSR count). The fourth-order valence-corrected chi connectivity index (χ4v) is 3.68. The first-order valence-corrected chi connectivity index (χ1v) is 10.2. The van der Waals surface area contributed by atoms with Gasteiger partial charge in [-0.15, -0.1) is 0 Å². The molecule has 30 heavy (non-hydrogen) atoms. The molecule has 0 radical (unpaired) electrons. The van der Waals surface area contributed by atoms with E-state index < -0.39 is 0 Å². The molecule has 0 atom stereocenters. The fourth-order valence-electron chi connectivity index (χ4n) is 3.68. The summed E-state index contributed by atoms with van der Waals surface area (Å²) in [6.45, 7) is 1.83. The summed E-state index contributed by atoms with van der Waals surface area (Å²) in [4.78, 5) is 36.0. The Morgan fingerprint density at radius 1 is 1.03 bits per heavy atom. The van der Waals surface area contributed by atoms with Gasteiger partial charge < -0.3 is 14.6 Å². The topological polar surface area (TPSA) is 88.3 Å². The number of carbonyl (C=O) groups excluding carboxylic acids is 2. The molecule has 3 heterocycles. The molecule has 1 N–H and O–H groups in total. The van der Waals surface area contributed by atoms with E-state index in [2.05, 4.69) is 15.3 Å². The zero-order chi connectivity index (χ0) is 20.8. The number of likely N-dealkylation sites (tertiary alicyclic amines) is 1. The van der Waals surface area contributed by atoms with Gasteiger partial charge in [0.15, 0.2) is 17.8 Å². The van der Waals surface area contributed by atoms with Crippen molar-refractivity contribution < 1.29 is 14.0 Å². The molecule has 0 saturated carbocycles. The molecule has 1 fully saturated rings. The van der Waals surface area contributed by atoms with Crippen LogP contribution in [-0.4, -0.2) is 39.8 Å². The van der Waals surface area contributed by atoms with Gasteiger partial charge >= 0.3 is 0 Å². The Balaban J connectivity index is 1.57. The third-order valence-corrected chi connectivity index (χ3v) is 5.25. The number of benzene rings is 1. The Kier molecular flexibility index (Phi) is 6.17. The normalized spacial score (nSPS) is 14.2. The molecular weight excluding hydrogens is 380 g/mol. The highest BCUT2D eigenvalue weighted by Gasteiger charge is 2.25. The Morgan fingerprint density at radius 2 is 1.83 bits per heavy atom. The zero-order valence-electron chi connectivity index (χ0n) is 16.7. The van der Waals surface area contributed by atoms with E-state index in [1.54, 1.807) is 24.5 Å². The van der Waals surface area contributed by atoms with Crippen LogP contribution < -0.4 is 5.32 Å². The van der Waals surface area contributed by atoms with Crippen LogP contribution in [0.2, 0.25) is 0 Å². The average molecular weight is 404 g/mol. The molecule has 0 aliphatic carbocycles.